The van der Waals surface area contributed by atoms with Gasteiger partial charge in [-0.2, -0.15) is 0 Å². The van der Waals surface area contributed by atoms with E-state index in [1.165, 1.54) is 22.6 Å². The van der Waals surface area contributed by atoms with Crippen molar-refractivity contribution in [2.75, 3.05) is 11.4 Å². The molecule has 0 bridgehead atoms. The Kier molecular flexibility index (Phi) is 3.78. The van der Waals surface area contributed by atoms with Crippen molar-refractivity contribution in [3.05, 3.63) is 94.4 Å². The van der Waals surface area contributed by atoms with Gasteiger partial charge in [0.1, 0.15) is 5.82 Å². The highest BCUT2D eigenvalue weighted by molar-refractivity contribution is 6.04. The maximum atomic E-state index is 14.3. The number of fused-ring (bicyclic) bond motifs is 6. The molecule has 0 spiro atoms. The molecule has 1 atom stereocenters. The van der Waals surface area contributed by atoms with Crippen molar-refractivity contribution < 1.29 is 9.18 Å². The van der Waals surface area contributed by atoms with Crippen molar-refractivity contribution in [2.24, 2.45) is 0 Å². The minimum Gasteiger partial charge on any atom is -0.355 e. The van der Waals surface area contributed by atoms with Crippen LogP contribution >= 0.6 is 0 Å². The Morgan fingerprint density at radius 3 is 2.65 bits per heavy atom. The molecule has 4 nitrogen and oxygen atoms in total. The molecule has 0 fully saturated rings. The number of rotatable bonds is 1. The number of amides is 1. The van der Waals surface area contributed by atoms with E-state index in [4.69, 9.17) is 0 Å². The van der Waals surface area contributed by atoms with Crippen LogP contribution in [0.5, 0.6) is 0 Å². The monoisotopic (exact) mass is 411 g/mol. The van der Waals surface area contributed by atoms with Gasteiger partial charge in [0.2, 0.25) is 0 Å². The summed E-state index contributed by atoms with van der Waals surface area (Å²) in [5.74, 6) is -0.269. The van der Waals surface area contributed by atoms with Gasteiger partial charge in [-0.1, -0.05) is 29.3 Å². The van der Waals surface area contributed by atoms with E-state index in [2.05, 4.69) is 35.0 Å². The van der Waals surface area contributed by atoms with Crippen molar-refractivity contribution in [1.29, 1.82) is 0 Å². The third-order valence-corrected chi connectivity index (χ3v) is 6.48. The second kappa shape index (κ2) is 6.45. The summed E-state index contributed by atoms with van der Waals surface area (Å²) in [6, 6.07) is 18.9. The predicted molar refractivity (Wildman–Crippen MR) is 120 cm³/mol. The number of H-pyrrole nitrogens is 1. The zero-order valence-electron chi connectivity index (χ0n) is 17.4. The lowest BCUT2D eigenvalue weighted by Crippen LogP contribution is -2.50. The zero-order chi connectivity index (χ0) is 21.3. The Hall–Kier alpha value is -3.60. The Bertz CT molecular complexity index is 1370. The van der Waals surface area contributed by atoms with Gasteiger partial charge >= 0.3 is 0 Å². The van der Waals surface area contributed by atoms with Crippen LogP contribution in [0.1, 0.15) is 38.9 Å². The maximum Gasteiger partial charge on any atom is 0.257 e. The molecular weight excluding hydrogens is 389 g/mol. The Morgan fingerprint density at radius 2 is 1.81 bits per heavy atom. The number of halogens is 1. The highest BCUT2D eigenvalue weighted by Gasteiger charge is 2.43. The SMILES string of the molecule is Cc1ccc2c(c1)C(=O)N1CCc3c([nH]c4ccc(C)cc34)C1N2c1cccc(F)c1. The van der Waals surface area contributed by atoms with Crippen LogP contribution in [0.4, 0.5) is 15.8 Å². The van der Waals surface area contributed by atoms with Crippen LogP contribution in [0, 0.1) is 19.7 Å². The van der Waals surface area contributed by atoms with Crippen LogP contribution in [-0.4, -0.2) is 22.3 Å². The van der Waals surface area contributed by atoms with Gasteiger partial charge in [0.05, 0.1) is 16.9 Å². The van der Waals surface area contributed by atoms with Crippen molar-refractivity contribution in [3.8, 4) is 0 Å². The summed E-state index contributed by atoms with van der Waals surface area (Å²) < 4.78 is 14.3. The van der Waals surface area contributed by atoms with E-state index in [1.54, 1.807) is 12.1 Å². The van der Waals surface area contributed by atoms with E-state index in [0.29, 0.717) is 12.1 Å². The molecule has 2 aliphatic heterocycles. The number of hydrogen-bond donors (Lipinski definition) is 1. The Labute approximate surface area is 179 Å². The van der Waals surface area contributed by atoms with Crippen LogP contribution < -0.4 is 4.90 Å². The standard InChI is InChI=1S/C26H22FN3O/c1-15-6-8-22-20(12-15)19-10-11-29-25(24(19)28-22)30(18-5-3-4-17(27)14-18)23-9-7-16(2)13-21(23)26(29)31/h3-9,12-14,25,28H,10-11H2,1-2H3. The first kappa shape index (κ1) is 18.2. The van der Waals surface area contributed by atoms with E-state index < -0.39 is 0 Å². The molecular formula is C26H22FN3O. The Morgan fingerprint density at radius 1 is 1.00 bits per heavy atom. The molecule has 0 saturated carbocycles. The number of hydrogen-bond acceptors (Lipinski definition) is 2. The molecule has 6 rings (SSSR count). The lowest BCUT2D eigenvalue weighted by molar-refractivity contribution is 0.0642. The molecule has 1 N–H and O–H groups in total. The van der Waals surface area contributed by atoms with Gasteiger partial charge in [0, 0.05) is 23.1 Å². The van der Waals surface area contributed by atoms with Crippen LogP contribution in [0.15, 0.2) is 60.7 Å². The highest BCUT2D eigenvalue weighted by atomic mass is 19.1. The normalized spacial score (nSPS) is 17.5. The van der Waals surface area contributed by atoms with Gasteiger partial charge in [-0.3, -0.25) is 4.79 Å². The fourth-order valence-corrected chi connectivity index (χ4v) is 5.09. The lowest BCUT2D eigenvalue weighted by atomic mass is 9.94. The van der Waals surface area contributed by atoms with Gasteiger partial charge in [-0.15, -0.1) is 0 Å². The number of nitrogens with one attached hydrogen (secondary N) is 1. The molecule has 4 aromatic rings. The molecule has 154 valence electrons. The van der Waals surface area contributed by atoms with Gasteiger partial charge < -0.3 is 14.8 Å². The van der Waals surface area contributed by atoms with E-state index >= 15 is 0 Å². The van der Waals surface area contributed by atoms with E-state index in [9.17, 15) is 9.18 Å². The van der Waals surface area contributed by atoms with Crippen LogP contribution in [-0.2, 0) is 6.42 Å². The fraction of sp³-hybridized carbons (Fsp3) is 0.192. The molecule has 31 heavy (non-hydrogen) atoms. The van der Waals surface area contributed by atoms with Gasteiger partial charge in [-0.05, 0) is 68.3 Å². The highest BCUT2D eigenvalue weighted by Crippen LogP contribution is 2.47. The molecule has 2 aliphatic rings. The van der Waals surface area contributed by atoms with E-state index in [0.717, 1.165) is 34.6 Å². The van der Waals surface area contributed by atoms with Crippen molar-refractivity contribution in [1.82, 2.24) is 9.88 Å². The summed E-state index contributed by atoms with van der Waals surface area (Å²) in [6.07, 6.45) is 0.445. The number of aromatic nitrogens is 1. The first-order chi connectivity index (χ1) is 15.0. The summed E-state index contributed by atoms with van der Waals surface area (Å²) in [6.45, 7) is 4.70. The number of carbonyl (C=O) groups excluding carboxylic acids is 1. The van der Waals surface area contributed by atoms with Crippen LogP contribution in [0.3, 0.4) is 0 Å². The molecule has 3 heterocycles. The summed E-state index contributed by atoms with van der Waals surface area (Å²) in [7, 11) is 0. The molecule has 5 heteroatoms. The second-order valence-corrected chi connectivity index (χ2v) is 8.56. The van der Waals surface area contributed by atoms with Gasteiger partial charge in [0.25, 0.3) is 5.91 Å². The third-order valence-electron chi connectivity index (χ3n) is 6.48. The molecule has 1 unspecified atom stereocenters. The molecule has 1 aromatic heterocycles. The predicted octanol–water partition coefficient (Wildman–Crippen LogP) is 5.77. The Balaban J connectivity index is 1.64. The number of aryl methyl sites for hydroxylation is 2. The summed E-state index contributed by atoms with van der Waals surface area (Å²) in [5.41, 5.74) is 7.76. The largest absolute Gasteiger partial charge is 0.355 e. The number of benzene rings is 3. The third kappa shape index (κ3) is 2.62. The number of anilines is 2. The van der Waals surface area contributed by atoms with Crippen molar-refractivity contribution in [2.45, 2.75) is 26.4 Å². The maximum absolute atomic E-state index is 14.3. The van der Waals surface area contributed by atoms with Gasteiger partial charge in [0.15, 0.2) is 6.17 Å². The molecule has 0 saturated heterocycles. The zero-order valence-corrected chi connectivity index (χ0v) is 17.4. The topological polar surface area (TPSA) is 39.3 Å². The fourth-order valence-electron chi connectivity index (χ4n) is 5.09. The quantitative estimate of drug-likeness (QED) is 0.432. The minimum atomic E-state index is -0.346. The second-order valence-electron chi connectivity index (χ2n) is 8.56. The molecule has 3 aromatic carbocycles. The number of nitrogens with zero attached hydrogens (tertiary/aromatic N) is 2. The lowest BCUT2D eigenvalue weighted by Gasteiger charge is -2.47. The summed E-state index contributed by atoms with van der Waals surface area (Å²) in [4.78, 5) is 21.1. The average molecular weight is 411 g/mol. The summed E-state index contributed by atoms with van der Waals surface area (Å²) in [5, 5.41) is 1.20. The summed E-state index contributed by atoms with van der Waals surface area (Å²) >= 11 is 0. The van der Waals surface area contributed by atoms with Crippen molar-refractivity contribution >= 4 is 28.2 Å². The van der Waals surface area contributed by atoms with E-state index in [-0.39, 0.29) is 17.9 Å². The van der Waals surface area contributed by atoms with Crippen LogP contribution in [0.2, 0.25) is 0 Å². The van der Waals surface area contributed by atoms with E-state index in [1.807, 2.05) is 36.1 Å². The first-order valence-corrected chi connectivity index (χ1v) is 10.6. The minimum absolute atomic E-state index is 0.0249. The van der Waals surface area contributed by atoms with Gasteiger partial charge in [-0.25, -0.2) is 4.39 Å². The smallest absolute Gasteiger partial charge is 0.257 e. The molecule has 0 aliphatic carbocycles. The van der Waals surface area contributed by atoms with Crippen LogP contribution in [0.25, 0.3) is 10.9 Å². The average Bonchev–Trinajstić information content (AvgIpc) is 3.12. The van der Waals surface area contributed by atoms with Crippen molar-refractivity contribution in [3.63, 3.8) is 0 Å². The first-order valence-electron chi connectivity index (χ1n) is 10.6. The molecule has 0 radical (unpaired) electrons. The number of carbonyl (C=O) groups is 1. The molecule has 1 amide bonds. The number of aromatic amines is 1.